The van der Waals surface area contributed by atoms with Crippen LogP contribution < -0.4 is 0 Å². The lowest BCUT2D eigenvalue weighted by Crippen LogP contribution is -1.99. The van der Waals surface area contributed by atoms with Crippen LogP contribution >= 0.6 is 22.6 Å². The van der Waals surface area contributed by atoms with E-state index in [4.69, 9.17) is 4.55 Å². The molecule has 4 nitrogen and oxygen atoms in total. The maximum absolute atomic E-state index is 10.9. The van der Waals surface area contributed by atoms with Crippen molar-refractivity contribution in [2.75, 3.05) is 0 Å². The molecule has 1 atom stereocenters. The molecule has 0 fully saturated rings. The van der Waals surface area contributed by atoms with Crippen molar-refractivity contribution in [1.29, 1.82) is 0 Å². The van der Waals surface area contributed by atoms with E-state index in [9.17, 15) is 4.21 Å². The summed E-state index contributed by atoms with van der Waals surface area (Å²) >= 11 is 0.107. The van der Waals surface area contributed by atoms with Crippen molar-refractivity contribution in [3.05, 3.63) is 28.2 Å². The van der Waals surface area contributed by atoms with Crippen LogP contribution in [0.2, 0.25) is 0 Å². The topological polar surface area (TPSA) is 55.1 Å². The molecule has 1 N–H and O–H groups in total. The molecule has 0 saturated heterocycles. The molecule has 0 bridgehead atoms. The standard InChI is InChI=1S/C7H5IN2O2S/c8-6-4-10(13(11)12)7-3-9-2-1-5(6)7/h1-4H,(H,11,12). The molecule has 0 aliphatic rings. The first-order chi connectivity index (χ1) is 6.20. The maximum Gasteiger partial charge on any atom is 0.266 e. The molecule has 13 heavy (non-hydrogen) atoms. The predicted molar refractivity (Wildman–Crippen MR) is 58.6 cm³/mol. The van der Waals surface area contributed by atoms with Crippen LogP contribution in [0.3, 0.4) is 0 Å². The number of rotatable bonds is 1. The van der Waals surface area contributed by atoms with Crippen molar-refractivity contribution in [3.63, 3.8) is 0 Å². The lowest BCUT2D eigenvalue weighted by atomic mass is 10.3. The van der Waals surface area contributed by atoms with Crippen LogP contribution in [0, 0.1) is 3.57 Å². The molecule has 0 aliphatic carbocycles. The summed E-state index contributed by atoms with van der Waals surface area (Å²) in [6.07, 6.45) is 4.86. The Balaban J connectivity index is 2.85. The van der Waals surface area contributed by atoms with E-state index in [1.54, 1.807) is 18.6 Å². The fourth-order valence-corrected chi connectivity index (χ4v) is 2.57. The number of hydrogen-bond donors (Lipinski definition) is 1. The summed E-state index contributed by atoms with van der Waals surface area (Å²) in [6.45, 7) is 0. The third kappa shape index (κ3) is 1.49. The van der Waals surface area contributed by atoms with E-state index in [-0.39, 0.29) is 0 Å². The van der Waals surface area contributed by atoms with Crippen molar-refractivity contribution < 1.29 is 8.76 Å². The van der Waals surface area contributed by atoms with Gasteiger partial charge in [-0.1, -0.05) is 0 Å². The van der Waals surface area contributed by atoms with E-state index in [0.29, 0.717) is 5.52 Å². The number of hydrogen-bond acceptors (Lipinski definition) is 2. The third-order valence-corrected chi connectivity index (χ3v) is 3.19. The molecule has 68 valence electrons. The first-order valence-corrected chi connectivity index (χ1v) is 5.56. The molecule has 0 aromatic carbocycles. The van der Waals surface area contributed by atoms with Crippen molar-refractivity contribution in [1.82, 2.24) is 8.96 Å². The minimum Gasteiger partial charge on any atom is -0.289 e. The van der Waals surface area contributed by atoms with Crippen LogP contribution in [0.5, 0.6) is 0 Å². The summed E-state index contributed by atoms with van der Waals surface area (Å²) in [5, 5.41) is 0.943. The van der Waals surface area contributed by atoms with Gasteiger partial charge in [0.2, 0.25) is 0 Å². The van der Waals surface area contributed by atoms with Gasteiger partial charge in [0.1, 0.15) is 0 Å². The minimum atomic E-state index is -2.01. The highest BCUT2D eigenvalue weighted by atomic mass is 127. The molecular weight excluding hydrogens is 303 g/mol. The Morgan fingerprint density at radius 2 is 2.38 bits per heavy atom. The molecule has 0 spiro atoms. The average molecular weight is 308 g/mol. The molecule has 0 radical (unpaired) electrons. The van der Waals surface area contributed by atoms with Gasteiger partial charge in [-0.05, 0) is 28.7 Å². The molecule has 2 aromatic heterocycles. The molecule has 0 aliphatic heterocycles. The second-order valence-electron chi connectivity index (χ2n) is 2.43. The van der Waals surface area contributed by atoms with Gasteiger partial charge in [0.15, 0.2) is 0 Å². The molecule has 2 aromatic rings. The zero-order valence-corrected chi connectivity index (χ0v) is 9.32. The number of pyridine rings is 1. The summed E-state index contributed by atoms with van der Waals surface area (Å²) < 4.78 is 22.0. The second kappa shape index (κ2) is 3.35. The van der Waals surface area contributed by atoms with E-state index in [1.165, 1.54) is 3.97 Å². The minimum absolute atomic E-state index is 0.674. The van der Waals surface area contributed by atoms with Gasteiger partial charge in [0.05, 0.1) is 11.7 Å². The average Bonchev–Trinajstić information content (AvgIpc) is 2.45. The van der Waals surface area contributed by atoms with Crippen LogP contribution in [0.25, 0.3) is 10.9 Å². The van der Waals surface area contributed by atoms with Crippen LogP contribution in [-0.2, 0) is 11.3 Å². The highest BCUT2D eigenvalue weighted by Crippen LogP contribution is 2.21. The number of fused-ring (bicyclic) bond motifs is 1. The summed E-state index contributed by atoms with van der Waals surface area (Å²) in [6, 6.07) is 1.82. The van der Waals surface area contributed by atoms with Gasteiger partial charge in [0, 0.05) is 21.4 Å². The molecule has 2 rings (SSSR count). The molecule has 2 heterocycles. The quantitative estimate of drug-likeness (QED) is 0.643. The zero-order chi connectivity index (χ0) is 9.42. The van der Waals surface area contributed by atoms with Crippen molar-refractivity contribution >= 4 is 44.8 Å². The molecule has 0 amide bonds. The van der Waals surface area contributed by atoms with Gasteiger partial charge in [0.25, 0.3) is 11.3 Å². The smallest absolute Gasteiger partial charge is 0.266 e. The van der Waals surface area contributed by atoms with Gasteiger partial charge < -0.3 is 0 Å². The maximum atomic E-state index is 10.9. The molecule has 0 saturated carbocycles. The lowest BCUT2D eigenvalue weighted by Gasteiger charge is -1.95. The van der Waals surface area contributed by atoms with Gasteiger partial charge in [-0.25, -0.2) is 8.18 Å². The van der Waals surface area contributed by atoms with Gasteiger partial charge in [-0.2, -0.15) is 0 Å². The van der Waals surface area contributed by atoms with Crippen LogP contribution in [0.4, 0.5) is 0 Å². The summed E-state index contributed by atoms with van der Waals surface area (Å²) in [5.41, 5.74) is 0.674. The third-order valence-electron chi connectivity index (χ3n) is 1.69. The number of halogens is 1. The fraction of sp³-hybridized carbons (Fsp3) is 0. The van der Waals surface area contributed by atoms with Gasteiger partial charge >= 0.3 is 0 Å². The first kappa shape index (κ1) is 9.10. The molecule has 6 heteroatoms. The number of aromatic nitrogens is 2. The highest BCUT2D eigenvalue weighted by Gasteiger charge is 2.08. The summed E-state index contributed by atoms with van der Waals surface area (Å²) in [7, 11) is 0. The SMILES string of the molecule is O=S(O)n1cc(I)c2ccncc21. The van der Waals surface area contributed by atoms with E-state index in [2.05, 4.69) is 27.6 Å². The lowest BCUT2D eigenvalue weighted by molar-refractivity contribution is 0.556. The summed E-state index contributed by atoms with van der Waals surface area (Å²) in [5.74, 6) is 0. The summed E-state index contributed by atoms with van der Waals surface area (Å²) in [4.78, 5) is 3.90. The Morgan fingerprint density at radius 1 is 1.62 bits per heavy atom. The van der Waals surface area contributed by atoms with E-state index in [0.717, 1.165) is 8.96 Å². The van der Waals surface area contributed by atoms with Gasteiger partial charge in [-0.15, -0.1) is 0 Å². The van der Waals surface area contributed by atoms with Crippen LogP contribution in [0.15, 0.2) is 24.7 Å². The largest absolute Gasteiger partial charge is 0.289 e. The Hall–Kier alpha value is -0.470. The Bertz CT molecular complexity index is 482. The predicted octanol–water partition coefficient (Wildman–Crippen LogP) is 1.63. The van der Waals surface area contributed by atoms with E-state index < -0.39 is 11.3 Å². The fourth-order valence-electron chi connectivity index (χ4n) is 1.13. The van der Waals surface area contributed by atoms with Crippen molar-refractivity contribution in [2.24, 2.45) is 0 Å². The van der Waals surface area contributed by atoms with Crippen LogP contribution in [0.1, 0.15) is 0 Å². The Labute approximate surface area is 90.5 Å². The van der Waals surface area contributed by atoms with Crippen LogP contribution in [-0.4, -0.2) is 17.7 Å². The monoisotopic (exact) mass is 308 g/mol. The van der Waals surface area contributed by atoms with Crippen molar-refractivity contribution in [2.45, 2.75) is 0 Å². The van der Waals surface area contributed by atoms with Gasteiger partial charge in [-0.3, -0.25) is 9.54 Å². The Kier molecular flexibility index (Phi) is 2.35. The van der Waals surface area contributed by atoms with E-state index >= 15 is 0 Å². The zero-order valence-electron chi connectivity index (χ0n) is 6.35. The number of nitrogens with zero attached hydrogens (tertiary/aromatic N) is 2. The highest BCUT2D eigenvalue weighted by molar-refractivity contribution is 14.1. The first-order valence-electron chi connectivity index (χ1n) is 3.42. The molecule has 1 unspecified atom stereocenters. The molecular formula is C7H5IN2O2S. The Morgan fingerprint density at radius 3 is 3.08 bits per heavy atom. The normalized spacial score (nSPS) is 13.4. The van der Waals surface area contributed by atoms with Crippen molar-refractivity contribution in [3.8, 4) is 0 Å². The van der Waals surface area contributed by atoms with E-state index in [1.807, 2.05) is 6.07 Å². The second-order valence-corrected chi connectivity index (χ2v) is 4.44.